The lowest BCUT2D eigenvalue weighted by molar-refractivity contribution is 0.0871. The van der Waals surface area contributed by atoms with E-state index in [1.807, 2.05) is 13.0 Å². The molecule has 7 heteroatoms. The maximum atomic E-state index is 12.2. The van der Waals surface area contributed by atoms with E-state index in [0.29, 0.717) is 12.3 Å². The maximum absolute atomic E-state index is 12.2. The van der Waals surface area contributed by atoms with Gasteiger partial charge in [0.2, 0.25) is 5.82 Å². The zero-order chi connectivity index (χ0) is 14.9. The summed E-state index contributed by atoms with van der Waals surface area (Å²) in [6.07, 6.45) is 5.74. The molecule has 0 bridgehead atoms. The van der Waals surface area contributed by atoms with Crippen molar-refractivity contribution in [2.75, 3.05) is 13.2 Å². The summed E-state index contributed by atoms with van der Waals surface area (Å²) in [5.41, 5.74) is 0.692. The average Bonchev–Trinajstić information content (AvgIpc) is 3.13. The van der Waals surface area contributed by atoms with Crippen molar-refractivity contribution in [1.29, 1.82) is 0 Å². The molecule has 21 heavy (non-hydrogen) atoms. The van der Waals surface area contributed by atoms with Gasteiger partial charge in [-0.2, -0.15) is 4.98 Å². The Morgan fingerprint density at radius 2 is 2.24 bits per heavy atom. The standard InChI is InChI=1S/C14H19N5O2/c1-10-4-7-15-13-17-11(18-19(10)13)12(21)16-8-14(9-20)5-2-3-6-14/h4,7,20H,2-3,5-6,8-9H2,1H3,(H,16,21). The van der Waals surface area contributed by atoms with E-state index >= 15 is 0 Å². The molecule has 0 aromatic carbocycles. The molecule has 1 amide bonds. The molecule has 2 heterocycles. The van der Waals surface area contributed by atoms with Crippen LogP contribution in [0.3, 0.4) is 0 Å². The zero-order valence-electron chi connectivity index (χ0n) is 12.0. The molecule has 2 aromatic heterocycles. The maximum Gasteiger partial charge on any atom is 0.291 e. The van der Waals surface area contributed by atoms with E-state index < -0.39 is 0 Å². The molecular formula is C14H19N5O2. The lowest BCUT2D eigenvalue weighted by atomic mass is 9.87. The second-order valence-corrected chi connectivity index (χ2v) is 5.78. The SMILES string of the molecule is Cc1ccnc2nc(C(=O)NCC3(CO)CCCC3)nn12. The molecule has 0 radical (unpaired) electrons. The van der Waals surface area contributed by atoms with Gasteiger partial charge in [0.25, 0.3) is 11.7 Å². The average molecular weight is 289 g/mol. The van der Waals surface area contributed by atoms with Gasteiger partial charge >= 0.3 is 0 Å². The van der Waals surface area contributed by atoms with E-state index in [4.69, 9.17) is 0 Å². The van der Waals surface area contributed by atoms with E-state index in [0.717, 1.165) is 31.4 Å². The van der Waals surface area contributed by atoms with Crippen molar-refractivity contribution in [3.05, 3.63) is 23.8 Å². The van der Waals surface area contributed by atoms with Gasteiger partial charge in [-0.1, -0.05) is 12.8 Å². The van der Waals surface area contributed by atoms with Crippen LogP contribution in [0, 0.1) is 12.3 Å². The van der Waals surface area contributed by atoms with Crippen molar-refractivity contribution in [2.45, 2.75) is 32.6 Å². The van der Waals surface area contributed by atoms with E-state index in [9.17, 15) is 9.90 Å². The second kappa shape index (κ2) is 5.40. The highest BCUT2D eigenvalue weighted by atomic mass is 16.3. The minimum atomic E-state index is -0.320. The van der Waals surface area contributed by atoms with Gasteiger partial charge in [0.15, 0.2) is 0 Å². The minimum absolute atomic E-state index is 0.104. The minimum Gasteiger partial charge on any atom is -0.396 e. The van der Waals surface area contributed by atoms with Crippen molar-refractivity contribution in [2.24, 2.45) is 5.41 Å². The number of hydrogen-bond donors (Lipinski definition) is 2. The topological polar surface area (TPSA) is 92.4 Å². The van der Waals surface area contributed by atoms with Crippen LogP contribution in [-0.4, -0.2) is 43.7 Å². The fourth-order valence-electron chi connectivity index (χ4n) is 2.87. The molecule has 2 aromatic rings. The number of amides is 1. The lowest BCUT2D eigenvalue weighted by Crippen LogP contribution is -2.38. The number of rotatable bonds is 4. The van der Waals surface area contributed by atoms with Gasteiger partial charge in [0.1, 0.15) is 0 Å². The number of fused-ring (bicyclic) bond motifs is 1. The van der Waals surface area contributed by atoms with Crippen LogP contribution in [0.15, 0.2) is 12.3 Å². The van der Waals surface area contributed by atoms with Crippen molar-refractivity contribution in [3.8, 4) is 0 Å². The number of nitrogens with zero attached hydrogens (tertiary/aromatic N) is 4. The van der Waals surface area contributed by atoms with Crippen LogP contribution >= 0.6 is 0 Å². The van der Waals surface area contributed by atoms with Crippen LogP contribution in [0.5, 0.6) is 0 Å². The Balaban J connectivity index is 1.73. The summed E-state index contributed by atoms with van der Waals surface area (Å²) in [4.78, 5) is 20.4. The zero-order valence-corrected chi connectivity index (χ0v) is 12.0. The van der Waals surface area contributed by atoms with Crippen LogP contribution in [-0.2, 0) is 0 Å². The van der Waals surface area contributed by atoms with Gasteiger partial charge in [-0.05, 0) is 25.8 Å². The van der Waals surface area contributed by atoms with Gasteiger partial charge in [0.05, 0.1) is 6.61 Å². The summed E-state index contributed by atoms with van der Waals surface area (Å²) >= 11 is 0. The Morgan fingerprint density at radius 3 is 2.90 bits per heavy atom. The van der Waals surface area contributed by atoms with Crippen LogP contribution < -0.4 is 5.32 Å². The summed E-state index contributed by atoms with van der Waals surface area (Å²) in [7, 11) is 0. The third kappa shape index (κ3) is 2.61. The van der Waals surface area contributed by atoms with Gasteiger partial charge in [-0.25, -0.2) is 9.50 Å². The highest BCUT2D eigenvalue weighted by molar-refractivity contribution is 5.90. The number of hydrogen-bond acceptors (Lipinski definition) is 5. The van der Waals surface area contributed by atoms with Crippen LogP contribution in [0.4, 0.5) is 0 Å². The van der Waals surface area contributed by atoms with E-state index in [2.05, 4.69) is 20.4 Å². The van der Waals surface area contributed by atoms with Gasteiger partial charge < -0.3 is 10.4 Å². The number of aliphatic hydroxyl groups excluding tert-OH is 1. The molecule has 0 saturated heterocycles. The molecule has 1 aliphatic rings. The summed E-state index contributed by atoms with van der Waals surface area (Å²) in [5.74, 6) is 0.209. The molecule has 0 atom stereocenters. The summed E-state index contributed by atoms with van der Waals surface area (Å²) < 4.78 is 1.55. The predicted octanol–water partition coefficient (Wildman–Crippen LogP) is 0.715. The molecule has 0 unspecified atom stereocenters. The number of nitrogens with one attached hydrogen (secondary N) is 1. The largest absolute Gasteiger partial charge is 0.396 e. The highest BCUT2D eigenvalue weighted by Gasteiger charge is 2.33. The van der Waals surface area contributed by atoms with Crippen LogP contribution in [0.2, 0.25) is 0 Å². The highest BCUT2D eigenvalue weighted by Crippen LogP contribution is 2.36. The van der Waals surface area contributed by atoms with Crippen molar-refractivity contribution in [1.82, 2.24) is 24.9 Å². The van der Waals surface area contributed by atoms with Crippen molar-refractivity contribution >= 4 is 11.7 Å². The number of aryl methyl sites for hydroxylation is 1. The van der Waals surface area contributed by atoms with Gasteiger partial charge in [0, 0.05) is 23.9 Å². The number of carbonyl (C=O) groups is 1. The molecule has 1 fully saturated rings. The Morgan fingerprint density at radius 1 is 1.48 bits per heavy atom. The third-order valence-corrected chi connectivity index (χ3v) is 4.26. The van der Waals surface area contributed by atoms with Gasteiger partial charge in [-0.3, -0.25) is 4.79 Å². The number of carbonyl (C=O) groups excluding carboxylic acids is 1. The fraction of sp³-hybridized carbons (Fsp3) is 0.571. The third-order valence-electron chi connectivity index (χ3n) is 4.26. The Hall–Kier alpha value is -2.02. The lowest BCUT2D eigenvalue weighted by Gasteiger charge is -2.26. The first-order valence-corrected chi connectivity index (χ1v) is 7.21. The molecule has 112 valence electrons. The fourth-order valence-corrected chi connectivity index (χ4v) is 2.87. The first-order valence-electron chi connectivity index (χ1n) is 7.21. The molecule has 1 saturated carbocycles. The molecule has 1 aliphatic carbocycles. The summed E-state index contributed by atoms with van der Waals surface area (Å²) in [6.45, 7) is 2.45. The van der Waals surface area contributed by atoms with Crippen molar-refractivity contribution in [3.63, 3.8) is 0 Å². The first-order chi connectivity index (χ1) is 10.1. The van der Waals surface area contributed by atoms with Crippen LogP contribution in [0.1, 0.15) is 42.0 Å². The number of aliphatic hydroxyl groups is 1. The second-order valence-electron chi connectivity index (χ2n) is 5.78. The van der Waals surface area contributed by atoms with Gasteiger partial charge in [-0.15, -0.1) is 5.10 Å². The predicted molar refractivity (Wildman–Crippen MR) is 75.8 cm³/mol. The molecular weight excluding hydrogens is 270 g/mol. The molecule has 7 nitrogen and oxygen atoms in total. The van der Waals surface area contributed by atoms with E-state index in [-0.39, 0.29) is 23.8 Å². The molecule has 0 aliphatic heterocycles. The number of aromatic nitrogens is 4. The van der Waals surface area contributed by atoms with Crippen LogP contribution in [0.25, 0.3) is 5.78 Å². The monoisotopic (exact) mass is 289 g/mol. The smallest absolute Gasteiger partial charge is 0.291 e. The molecule has 2 N–H and O–H groups in total. The summed E-state index contributed by atoms with van der Waals surface area (Å²) in [6, 6.07) is 1.81. The molecule has 3 rings (SSSR count). The first kappa shape index (κ1) is 13.9. The quantitative estimate of drug-likeness (QED) is 0.865. The Labute approximate surface area is 122 Å². The Kier molecular flexibility index (Phi) is 3.59. The molecule has 0 spiro atoms. The van der Waals surface area contributed by atoms with E-state index in [1.165, 1.54) is 0 Å². The Bertz CT molecular complexity index is 660. The normalized spacial score (nSPS) is 17.2. The van der Waals surface area contributed by atoms with E-state index in [1.54, 1.807) is 10.7 Å². The van der Waals surface area contributed by atoms with Crippen molar-refractivity contribution < 1.29 is 9.90 Å². The summed E-state index contributed by atoms with van der Waals surface area (Å²) in [5, 5.41) is 16.6.